The zero-order valence-corrected chi connectivity index (χ0v) is 12.4. The maximum Gasteiger partial charge on any atom is 0.315 e. The highest BCUT2D eigenvalue weighted by Crippen LogP contribution is 2.04. The predicted octanol–water partition coefficient (Wildman–Crippen LogP) is 2.53. The largest absolute Gasteiger partial charge is 0.338 e. The van der Waals surface area contributed by atoms with Crippen molar-refractivity contribution in [1.29, 1.82) is 0 Å². The molecule has 2 N–H and O–H groups in total. The maximum atomic E-state index is 11.8. The molecule has 5 nitrogen and oxygen atoms in total. The van der Waals surface area contributed by atoms with Crippen molar-refractivity contribution in [2.45, 2.75) is 32.2 Å². The lowest BCUT2D eigenvalue weighted by Crippen LogP contribution is -2.42. The van der Waals surface area contributed by atoms with Crippen LogP contribution in [-0.2, 0) is 6.42 Å². The molecular weight excluding hydrogens is 264 g/mol. The Hall–Kier alpha value is -2.30. The molecule has 112 valence electrons. The SMILES string of the molecule is C=CC[C@@H](CC)NC(=O)NCCc1cn2ccccc2n1. The van der Waals surface area contributed by atoms with E-state index in [1.165, 1.54) is 0 Å². The summed E-state index contributed by atoms with van der Waals surface area (Å²) in [5, 5.41) is 5.80. The van der Waals surface area contributed by atoms with E-state index in [-0.39, 0.29) is 12.1 Å². The van der Waals surface area contributed by atoms with Gasteiger partial charge >= 0.3 is 6.03 Å². The van der Waals surface area contributed by atoms with E-state index < -0.39 is 0 Å². The molecule has 5 heteroatoms. The summed E-state index contributed by atoms with van der Waals surface area (Å²) in [4.78, 5) is 16.3. The van der Waals surface area contributed by atoms with Crippen molar-refractivity contribution >= 4 is 11.7 Å². The van der Waals surface area contributed by atoms with Crippen LogP contribution in [0.25, 0.3) is 5.65 Å². The molecular formula is C16H22N4O. The van der Waals surface area contributed by atoms with E-state index in [1.54, 1.807) is 0 Å². The van der Waals surface area contributed by atoms with Crippen molar-refractivity contribution in [1.82, 2.24) is 20.0 Å². The number of hydrogen-bond acceptors (Lipinski definition) is 2. The molecule has 2 aromatic heterocycles. The van der Waals surface area contributed by atoms with Gasteiger partial charge < -0.3 is 15.0 Å². The first-order chi connectivity index (χ1) is 10.2. The number of carbonyl (C=O) groups is 1. The monoisotopic (exact) mass is 286 g/mol. The topological polar surface area (TPSA) is 58.4 Å². The zero-order valence-electron chi connectivity index (χ0n) is 12.4. The van der Waals surface area contributed by atoms with Gasteiger partial charge in [-0.2, -0.15) is 0 Å². The number of urea groups is 1. The number of pyridine rings is 1. The van der Waals surface area contributed by atoms with Crippen LogP contribution in [-0.4, -0.2) is 28.0 Å². The first-order valence-electron chi connectivity index (χ1n) is 7.30. The van der Waals surface area contributed by atoms with Crippen molar-refractivity contribution in [2.24, 2.45) is 0 Å². The van der Waals surface area contributed by atoms with Gasteiger partial charge in [0.1, 0.15) is 5.65 Å². The average Bonchev–Trinajstić information content (AvgIpc) is 2.89. The van der Waals surface area contributed by atoms with Gasteiger partial charge in [-0.1, -0.05) is 19.1 Å². The highest BCUT2D eigenvalue weighted by molar-refractivity contribution is 5.74. The van der Waals surface area contributed by atoms with Gasteiger partial charge in [-0.25, -0.2) is 9.78 Å². The first-order valence-corrected chi connectivity index (χ1v) is 7.30. The van der Waals surface area contributed by atoms with Crippen molar-refractivity contribution in [3.63, 3.8) is 0 Å². The number of fused-ring (bicyclic) bond motifs is 1. The van der Waals surface area contributed by atoms with Gasteiger partial charge in [-0.3, -0.25) is 0 Å². The molecule has 0 spiro atoms. The Balaban J connectivity index is 1.78. The molecule has 0 saturated carbocycles. The summed E-state index contributed by atoms with van der Waals surface area (Å²) in [6, 6.07) is 5.91. The van der Waals surface area contributed by atoms with Crippen molar-refractivity contribution in [3.05, 3.63) is 48.9 Å². The van der Waals surface area contributed by atoms with E-state index in [1.807, 2.05) is 48.0 Å². The summed E-state index contributed by atoms with van der Waals surface area (Å²) in [7, 11) is 0. The molecule has 2 rings (SSSR count). The summed E-state index contributed by atoms with van der Waals surface area (Å²) in [5.74, 6) is 0. The number of imidazole rings is 1. The fourth-order valence-electron chi connectivity index (χ4n) is 2.18. The van der Waals surface area contributed by atoms with Gasteiger partial charge in [-0.15, -0.1) is 6.58 Å². The third-order valence-corrected chi connectivity index (χ3v) is 3.36. The Kier molecular flexibility index (Phi) is 5.37. The van der Waals surface area contributed by atoms with Crippen LogP contribution in [0.2, 0.25) is 0 Å². The van der Waals surface area contributed by atoms with Crippen LogP contribution in [0.15, 0.2) is 43.2 Å². The third kappa shape index (κ3) is 4.34. The Morgan fingerprint density at radius 3 is 3.10 bits per heavy atom. The number of hydrogen-bond donors (Lipinski definition) is 2. The molecule has 0 unspecified atom stereocenters. The number of rotatable bonds is 7. The van der Waals surface area contributed by atoms with Crippen LogP contribution in [0, 0.1) is 0 Å². The minimum atomic E-state index is -0.132. The zero-order chi connectivity index (χ0) is 15.1. The molecule has 0 aliphatic carbocycles. The molecule has 0 aliphatic heterocycles. The summed E-state index contributed by atoms with van der Waals surface area (Å²) in [5.41, 5.74) is 1.90. The predicted molar refractivity (Wildman–Crippen MR) is 84.3 cm³/mol. The maximum absolute atomic E-state index is 11.8. The molecule has 0 fully saturated rings. The quantitative estimate of drug-likeness (QED) is 0.768. The second-order valence-electron chi connectivity index (χ2n) is 4.98. The van der Waals surface area contributed by atoms with Gasteiger partial charge in [0.05, 0.1) is 5.69 Å². The Bertz CT molecular complexity index is 572. The fourth-order valence-corrected chi connectivity index (χ4v) is 2.18. The molecule has 2 aromatic rings. The second kappa shape index (κ2) is 7.47. The standard InChI is InChI=1S/C16H22N4O/c1-3-7-13(4-2)19-16(21)17-10-9-14-12-20-11-6-5-8-15(20)18-14/h3,5-6,8,11-13H,1,4,7,9-10H2,2H3,(H2,17,19,21)/t13-/m1/s1. The van der Waals surface area contributed by atoms with E-state index in [9.17, 15) is 4.79 Å². The van der Waals surface area contributed by atoms with Crippen molar-refractivity contribution < 1.29 is 4.79 Å². The van der Waals surface area contributed by atoms with E-state index in [2.05, 4.69) is 22.2 Å². The molecule has 21 heavy (non-hydrogen) atoms. The van der Waals surface area contributed by atoms with Gasteiger partial charge in [0.2, 0.25) is 0 Å². The van der Waals surface area contributed by atoms with Crippen molar-refractivity contribution in [3.8, 4) is 0 Å². The third-order valence-electron chi connectivity index (χ3n) is 3.36. The average molecular weight is 286 g/mol. The smallest absolute Gasteiger partial charge is 0.315 e. The van der Waals surface area contributed by atoms with Gasteiger partial charge in [0.15, 0.2) is 0 Å². The summed E-state index contributed by atoms with van der Waals surface area (Å²) in [6.07, 6.45) is 8.18. The molecule has 0 radical (unpaired) electrons. The van der Waals surface area contributed by atoms with E-state index in [0.29, 0.717) is 13.0 Å². The van der Waals surface area contributed by atoms with Crippen LogP contribution in [0.3, 0.4) is 0 Å². The lowest BCUT2D eigenvalue weighted by molar-refractivity contribution is 0.236. The Morgan fingerprint density at radius 1 is 1.52 bits per heavy atom. The van der Waals surface area contributed by atoms with E-state index in [4.69, 9.17) is 0 Å². The number of nitrogens with one attached hydrogen (secondary N) is 2. The summed E-state index contributed by atoms with van der Waals surface area (Å²) < 4.78 is 1.98. The molecule has 0 aromatic carbocycles. The lowest BCUT2D eigenvalue weighted by Gasteiger charge is -2.15. The molecule has 0 bridgehead atoms. The first kappa shape index (κ1) is 15.1. The van der Waals surface area contributed by atoms with Crippen LogP contribution < -0.4 is 10.6 Å². The highest BCUT2D eigenvalue weighted by Gasteiger charge is 2.08. The summed E-state index contributed by atoms with van der Waals surface area (Å²) in [6.45, 7) is 6.31. The van der Waals surface area contributed by atoms with Crippen LogP contribution in [0.1, 0.15) is 25.5 Å². The fraction of sp³-hybridized carbons (Fsp3) is 0.375. The minimum Gasteiger partial charge on any atom is -0.338 e. The molecule has 2 amide bonds. The molecule has 0 saturated heterocycles. The minimum absolute atomic E-state index is 0.132. The number of amides is 2. The van der Waals surface area contributed by atoms with Gasteiger partial charge in [0.25, 0.3) is 0 Å². The Labute approximate surface area is 125 Å². The highest BCUT2D eigenvalue weighted by atomic mass is 16.2. The molecule has 0 aliphatic rings. The van der Waals surface area contributed by atoms with Gasteiger partial charge in [0, 0.05) is 31.4 Å². The lowest BCUT2D eigenvalue weighted by atomic mass is 10.1. The van der Waals surface area contributed by atoms with Crippen LogP contribution in [0.4, 0.5) is 4.79 Å². The number of aromatic nitrogens is 2. The normalized spacial score (nSPS) is 12.0. The second-order valence-corrected chi connectivity index (χ2v) is 4.98. The van der Waals surface area contributed by atoms with Crippen molar-refractivity contribution in [2.75, 3.05) is 6.54 Å². The summed E-state index contributed by atoms with van der Waals surface area (Å²) >= 11 is 0. The van der Waals surface area contributed by atoms with E-state index >= 15 is 0 Å². The number of carbonyl (C=O) groups excluding carboxylic acids is 1. The molecule has 1 atom stereocenters. The Morgan fingerprint density at radius 2 is 2.38 bits per heavy atom. The van der Waals surface area contributed by atoms with Crippen LogP contribution >= 0.6 is 0 Å². The van der Waals surface area contributed by atoms with Gasteiger partial charge in [-0.05, 0) is 25.0 Å². The van der Waals surface area contributed by atoms with Crippen LogP contribution in [0.5, 0.6) is 0 Å². The van der Waals surface area contributed by atoms with E-state index in [0.717, 1.165) is 24.2 Å². The number of nitrogens with zero attached hydrogens (tertiary/aromatic N) is 2. The molecule has 2 heterocycles.